The van der Waals surface area contributed by atoms with Crippen LogP contribution in [0.1, 0.15) is 43.1 Å². The van der Waals surface area contributed by atoms with Crippen LogP contribution in [0.25, 0.3) is 0 Å². The quantitative estimate of drug-likeness (QED) is 0.803. The molecular formula is C13H19N3O2. The SMILES string of the molecule is COC(=O)c1ccc(N)c(NC2(C)CCCC2)n1. The number of nitrogens with two attached hydrogens (primary N) is 1. The molecule has 0 radical (unpaired) electrons. The van der Waals surface area contributed by atoms with Crippen molar-refractivity contribution in [3.05, 3.63) is 17.8 Å². The minimum absolute atomic E-state index is 0.0237. The molecule has 1 aliphatic carbocycles. The topological polar surface area (TPSA) is 77.2 Å². The molecule has 5 heteroatoms. The molecule has 0 aromatic carbocycles. The van der Waals surface area contributed by atoms with Gasteiger partial charge in [-0.3, -0.25) is 0 Å². The molecule has 5 nitrogen and oxygen atoms in total. The van der Waals surface area contributed by atoms with Crippen LogP contribution in [0.4, 0.5) is 11.5 Å². The highest BCUT2D eigenvalue weighted by Gasteiger charge is 2.29. The first kappa shape index (κ1) is 12.7. The number of carbonyl (C=O) groups is 1. The summed E-state index contributed by atoms with van der Waals surface area (Å²) in [4.78, 5) is 15.7. The number of ether oxygens (including phenoxy) is 1. The lowest BCUT2D eigenvalue weighted by Crippen LogP contribution is -2.32. The number of nitrogens with zero attached hydrogens (tertiary/aromatic N) is 1. The summed E-state index contributed by atoms with van der Waals surface area (Å²) in [5.41, 5.74) is 6.74. The molecule has 3 N–H and O–H groups in total. The summed E-state index contributed by atoms with van der Waals surface area (Å²) >= 11 is 0. The first-order valence-corrected chi connectivity index (χ1v) is 6.17. The number of rotatable bonds is 3. The number of hydrogen-bond donors (Lipinski definition) is 2. The number of nitrogen functional groups attached to an aromatic ring is 1. The molecule has 0 atom stereocenters. The van der Waals surface area contributed by atoms with Crippen LogP contribution in [0.3, 0.4) is 0 Å². The van der Waals surface area contributed by atoms with Gasteiger partial charge >= 0.3 is 5.97 Å². The van der Waals surface area contributed by atoms with E-state index in [2.05, 4.69) is 22.0 Å². The molecule has 0 spiro atoms. The van der Waals surface area contributed by atoms with E-state index in [0.29, 0.717) is 11.5 Å². The lowest BCUT2D eigenvalue weighted by molar-refractivity contribution is 0.0594. The van der Waals surface area contributed by atoms with Crippen LogP contribution in [0, 0.1) is 0 Å². The van der Waals surface area contributed by atoms with Crippen molar-refractivity contribution in [1.29, 1.82) is 0 Å². The molecule has 0 aliphatic heterocycles. The Hall–Kier alpha value is -1.78. The molecule has 2 rings (SSSR count). The van der Waals surface area contributed by atoms with E-state index in [-0.39, 0.29) is 11.2 Å². The van der Waals surface area contributed by atoms with E-state index >= 15 is 0 Å². The third kappa shape index (κ3) is 2.55. The third-order valence-corrected chi connectivity index (χ3v) is 3.45. The number of nitrogens with one attached hydrogen (secondary N) is 1. The highest BCUT2D eigenvalue weighted by atomic mass is 16.5. The van der Waals surface area contributed by atoms with Gasteiger partial charge in [0.25, 0.3) is 0 Å². The standard InChI is InChI=1S/C13H19N3O2/c1-13(7-3-4-8-13)16-11-9(14)5-6-10(15-11)12(17)18-2/h5-6H,3-4,7-8,14H2,1-2H3,(H,15,16). The van der Waals surface area contributed by atoms with Crippen molar-refractivity contribution in [2.75, 3.05) is 18.2 Å². The summed E-state index contributed by atoms with van der Waals surface area (Å²) in [6, 6.07) is 3.25. The van der Waals surface area contributed by atoms with Gasteiger partial charge in [-0.1, -0.05) is 12.8 Å². The van der Waals surface area contributed by atoms with Crippen molar-refractivity contribution in [1.82, 2.24) is 4.98 Å². The van der Waals surface area contributed by atoms with Gasteiger partial charge in [-0.05, 0) is 31.9 Å². The maximum Gasteiger partial charge on any atom is 0.356 e. The average Bonchev–Trinajstić information content (AvgIpc) is 2.78. The Morgan fingerprint density at radius 1 is 1.44 bits per heavy atom. The fraction of sp³-hybridized carbons (Fsp3) is 0.538. The second-order valence-electron chi connectivity index (χ2n) is 5.02. The summed E-state index contributed by atoms with van der Waals surface area (Å²) in [7, 11) is 1.34. The zero-order valence-electron chi connectivity index (χ0n) is 10.8. The Labute approximate surface area is 107 Å². The van der Waals surface area contributed by atoms with Gasteiger partial charge in [-0.2, -0.15) is 0 Å². The van der Waals surface area contributed by atoms with Crippen LogP contribution in [0.5, 0.6) is 0 Å². The molecule has 1 aromatic rings. The predicted octanol–water partition coefficient (Wildman–Crippen LogP) is 2.20. The summed E-state index contributed by atoms with van der Waals surface area (Å²) in [6.45, 7) is 2.16. The number of anilines is 2. The minimum atomic E-state index is -0.449. The van der Waals surface area contributed by atoms with Gasteiger partial charge in [-0.15, -0.1) is 0 Å². The van der Waals surface area contributed by atoms with Crippen molar-refractivity contribution in [2.45, 2.75) is 38.1 Å². The molecule has 0 bridgehead atoms. The maximum atomic E-state index is 11.4. The van der Waals surface area contributed by atoms with Crippen LogP contribution in [0.2, 0.25) is 0 Å². The van der Waals surface area contributed by atoms with Crippen molar-refractivity contribution < 1.29 is 9.53 Å². The number of methoxy groups -OCH3 is 1. The minimum Gasteiger partial charge on any atom is -0.464 e. The van der Waals surface area contributed by atoms with E-state index < -0.39 is 5.97 Å². The maximum absolute atomic E-state index is 11.4. The number of esters is 1. The van der Waals surface area contributed by atoms with E-state index in [9.17, 15) is 4.79 Å². The highest BCUT2D eigenvalue weighted by Crippen LogP contribution is 2.33. The molecule has 1 aliphatic rings. The molecule has 1 fully saturated rings. The summed E-state index contributed by atoms with van der Waals surface area (Å²) in [5.74, 6) is 0.122. The molecule has 1 aromatic heterocycles. The zero-order valence-corrected chi connectivity index (χ0v) is 10.8. The Bertz CT molecular complexity index is 454. The Kier molecular flexibility index (Phi) is 3.41. The van der Waals surface area contributed by atoms with Crippen molar-refractivity contribution in [3.63, 3.8) is 0 Å². The second kappa shape index (κ2) is 4.84. The zero-order chi connectivity index (χ0) is 13.2. The van der Waals surface area contributed by atoms with Crippen molar-refractivity contribution in [2.24, 2.45) is 0 Å². The molecule has 1 heterocycles. The number of pyridine rings is 1. The molecule has 1 saturated carbocycles. The van der Waals surface area contributed by atoms with E-state index in [1.54, 1.807) is 12.1 Å². The fourth-order valence-electron chi connectivity index (χ4n) is 2.35. The lowest BCUT2D eigenvalue weighted by atomic mass is 10.0. The predicted molar refractivity (Wildman–Crippen MR) is 70.5 cm³/mol. The second-order valence-corrected chi connectivity index (χ2v) is 5.02. The smallest absolute Gasteiger partial charge is 0.356 e. The summed E-state index contributed by atoms with van der Waals surface area (Å²) in [5, 5.41) is 3.36. The van der Waals surface area contributed by atoms with Gasteiger partial charge in [0.15, 0.2) is 11.5 Å². The van der Waals surface area contributed by atoms with Gasteiger partial charge in [0.1, 0.15) is 0 Å². The van der Waals surface area contributed by atoms with Crippen LogP contribution in [0.15, 0.2) is 12.1 Å². The Balaban J connectivity index is 2.23. The van der Waals surface area contributed by atoms with Crippen molar-refractivity contribution >= 4 is 17.5 Å². The van der Waals surface area contributed by atoms with E-state index in [0.717, 1.165) is 12.8 Å². The summed E-state index contributed by atoms with van der Waals surface area (Å²) in [6.07, 6.45) is 4.60. The van der Waals surface area contributed by atoms with Gasteiger partial charge < -0.3 is 15.8 Å². The molecular weight excluding hydrogens is 230 g/mol. The van der Waals surface area contributed by atoms with Crippen LogP contribution < -0.4 is 11.1 Å². The van der Waals surface area contributed by atoms with Gasteiger partial charge in [0.05, 0.1) is 12.8 Å². The number of carbonyl (C=O) groups excluding carboxylic acids is 1. The molecule has 0 saturated heterocycles. The van der Waals surface area contributed by atoms with Crippen LogP contribution in [-0.4, -0.2) is 23.6 Å². The monoisotopic (exact) mass is 249 g/mol. The molecule has 0 amide bonds. The van der Waals surface area contributed by atoms with E-state index in [4.69, 9.17) is 5.73 Å². The average molecular weight is 249 g/mol. The first-order valence-electron chi connectivity index (χ1n) is 6.17. The van der Waals surface area contributed by atoms with Crippen molar-refractivity contribution in [3.8, 4) is 0 Å². The van der Waals surface area contributed by atoms with Gasteiger partial charge in [0.2, 0.25) is 0 Å². The summed E-state index contributed by atoms with van der Waals surface area (Å²) < 4.78 is 4.66. The number of aromatic nitrogens is 1. The molecule has 98 valence electrons. The van der Waals surface area contributed by atoms with Crippen LogP contribution >= 0.6 is 0 Å². The van der Waals surface area contributed by atoms with E-state index in [1.807, 2.05) is 0 Å². The first-order chi connectivity index (χ1) is 8.54. The largest absolute Gasteiger partial charge is 0.464 e. The lowest BCUT2D eigenvalue weighted by Gasteiger charge is -2.26. The van der Waals surface area contributed by atoms with E-state index in [1.165, 1.54) is 20.0 Å². The highest BCUT2D eigenvalue weighted by molar-refractivity contribution is 5.88. The fourth-order valence-corrected chi connectivity index (χ4v) is 2.35. The van der Waals surface area contributed by atoms with Gasteiger partial charge in [0, 0.05) is 5.54 Å². The Morgan fingerprint density at radius 2 is 2.11 bits per heavy atom. The normalized spacial score (nSPS) is 17.4. The van der Waals surface area contributed by atoms with Gasteiger partial charge in [-0.25, -0.2) is 9.78 Å². The third-order valence-electron chi connectivity index (χ3n) is 3.45. The van der Waals surface area contributed by atoms with Crippen LogP contribution in [-0.2, 0) is 4.74 Å². The number of hydrogen-bond acceptors (Lipinski definition) is 5. The molecule has 0 unspecified atom stereocenters. The Morgan fingerprint density at radius 3 is 2.72 bits per heavy atom. The molecule has 18 heavy (non-hydrogen) atoms.